The summed E-state index contributed by atoms with van der Waals surface area (Å²) in [5.41, 5.74) is 0.818. The Bertz CT molecular complexity index is 1100. The minimum Gasteiger partial charge on any atom is -0.461 e. The highest BCUT2D eigenvalue weighted by atomic mass is 16.5. The molecule has 10 atom stereocenters. The van der Waals surface area contributed by atoms with Crippen LogP contribution >= 0.6 is 0 Å². The van der Waals surface area contributed by atoms with Crippen LogP contribution < -0.4 is 0 Å². The Morgan fingerprint density at radius 2 is 1.80 bits per heavy atom. The van der Waals surface area contributed by atoms with Gasteiger partial charge in [0.25, 0.3) is 0 Å². The van der Waals surface area contributed by atoms with Gasteiger partial charge in [-0.1, -0.05) is 37.6 Å². The van der Waals surface area contributed by atoms with Gasteiger partial charge in [0.2, 0.25) is 0 Å². The molecular weight excluding hydrogens is 436 g/mol. The van der Waals surface area contributed by atoms with Crippen LogP contribution in [-0.4, -0.2) is 23.6 Å². The van der Waals surface area contributed by atoms with Gasteiger partial charge in [-0.3, -0.25) is 14.4 Å². The zero-order chi connectivity index (χ0) is 24.2. The molecule has 0 N–H and O–H groups in total. The Balaban J connectivity index is 1.14. The predicted molar refractivity (Wildman–Crippen MR) is 132 cm³/mol. The van der Waals surface area contributed by atoms with Crippen molar-refractivity contribution in [1.82, 2.24) is 0 Å². The van der Waals surface area contributed by atoms with Crippen LogP contribution in [0.5, 0.6) is 0 Å². The van der Waals surface area contributed by atoms with Gasteiger partial charge >= 0.3 is 5.97 Å². The normalized spacial score (nSPS) is 51.4. The zero-order valence-electron chi connectivity index (χ0n) is 21.1. The maximum absolute atomic E-state index is 14.0. The molecular formula is C31H38O4. The Kier molecular flexibility index (Phi) is 4.64. The monoisotopic (exact) mass is 474 g/mol. The largest absolute Gasteiger partial charge is 0.461 e. The molecule has 2 bridgehead atoms. The molecule has 186 valence electrons. The molecule has 0 aromatic carbocycles. The lowest BCUT2D eigenvalue weighted by atomic mass is 9.47. The molecule has 0 saturated heterocycles. The fourth-order valence-electron chi connectivity index (χ4n) is 10.4. The molecule has 0 aromatic heterocycles. The van der Waals surface area contributed by atoms with E-state index in [9.17, 15) is 14.4 Å². The summed E-state index contributed by atoms with van der Waals surface area (Å²) >= 11 is 0. The van der Waals surface area contributed by atoms with Crippen LogP contribution in [0, 0.1) is 51.8 Å². The van der Waals surface area contributed by atoms with Gasteiger partial charge in [0.05, 0.1) is 0 Å². The molecule has 4 nitrogen and oxygen atoms in total. The van der Waals surface area contributed by atoms with E-state index in [4.69, 9.17) is 4.74 Å². The van der Waals surface area contributed by atoms with Crippen LogP contribution in [0.15, 0.2) is 36.0 Å². The maximum Gasteiger partial charge on any atom is 0.317 e. The number of carbonyl (C=O) groups is 3. The van der Waals surface area contributed by atoms with Gasteiger partial charge < -0.3 is 4.74 Å². The van der Waals surface area contributed by atoms with Crippen LogP contribution in [0.1, 0.15) is 78.1 Å². The van der Waals surface area contributed by atoms with Gasteiger partial charge in [0.15, 0.2) is 11.6 Å². The highest BCUT2D eigenvalue weighted by molar-refractivity contribution is 6.02. The second-order valence-electron chi connectivity index (χ2n) is 13.4. The molecule has 0 aliphatic heterocycles. The molecule has 4 saturated carbocycles. The lowest BCUT2D eigenvalue weighted by Crippen LogP contribution is -2.54. The van der Waals surface area contributed by atoms with E-state index in [0.717, 1.165) is 57.8 Å². The molecule has 0 amide bonds. The van der Waals surface area contributed by atoms with Crippen LogP contribution in [-0.2, 0) is 19.1 Å². The Hall–Kier alpha value is -1.97. The third-order valence-electron chi connectivity index (χ3n) is 12.3. The molecule has 4 fully saturated rings. The van der Waals surface area contributed by atoms with Crippen molar-refractivity contribution in [3.63, 3.8) is 0 Å². The molecule has 8 aliphatic carbocycles. The fraction of sp³-hybridized carbons (Fsp3) is 0.710. The van der Waals surface area contributed by atoms with Crippen molar-refractivity contribution in [3.8, 4) is 0 Å². The Labute approximate surface area is 208 Å². The number of allylic oxidation sites excluding steroid dienone is 4. The van der Waals surface area contributed by atoms with E-state index in [-0.39, 0.29) is 46.4 Å². The number of hydrogen-bond donors (Lipinski definition) is 0. The SMILES string of the molecule is C[C@]12CC[C@H]3[C@@H](CCC4=CC(=O)CC[C@@]43C)[C@@H]1CC[C@@H]2OC(=O)[C@]12C=CC(=O)[C@@H]1[C@H]1C=C[C@H]2CC1. The molecule has 0 unspecified atom stereocenters. The van der Waals surface area contributed by atoms with Crippen molar-refractivity contribution in [1.29, 1.82) is 0 Å². The van der Waals surface area contributed by atoms with Gasteiger partial charge in [0.1, 0.15) is 11.5 Å². The van der Waals surface area contributed by atoms with Crippen molar-refractivity contribution < 1.29 is 19.1 Å². The second kappa shape index (κ2) is 7.29. The van der Waals surface area contributed by atoms with Gasteiger partial charge in [-0.15, -0.1) is 0 Å². The molecule has 4 heteroatoms. The van der Waals surface area contributed by atoms with E-state index >= 15 is 0 Å². The summed E-state index contributed by atoms with van der Waals surface area (Å²) < 4.78 is 6.52. The summed E-state index contributed by atoms with van der Waals surface area (Å²) in [4.78, 5) is 38.9. The number of fused-ring (bicyclic) bond motifs is 6. The Morgan fingerprint density at radius 1 is 0.943 bits per heavy atom. The highest BCUT2D eigenvalue weighted by Crippen LogP contribution is 2.66. The van der Waals surface area contributed by atoms with Crippen molar-refractivity contribution in [3.05, 3.63) is 36.0 Å². The standard InChI is InChI=1S/C31H38O4/c1-29-14-11-21(32)17-20(29)7-8-22-23-9-10-26(30(23,2)15-12-24(22)29)35-28(34)31-16-13-25(33)27(31)18-3-5-19(31)6-4-18/h3,5,13,16-19,22-24,26-27H,4,6-12,14-15H2,1-2H3/t18-,19-,22-,23-,24-,26-,27-,29-,30-,31-/m0/s1. The fourth-order valence-corrected chi connectivity index (χ4v) is 10.4. The van der Waals surface area contributed by atoms with Crippen LogP contribution in [0.3, 0.4) is 0 Å². The van der Waals surface area contributed by atoms with E-state index < -0.39 is 5.41 Å². The van der Waals surface area contributed by atoms with Crippen molar-refractivity contribution in [2.45, 2.75) is 84.2 Å². The van der Waals surface area contributed by atoms with Crippen LogP contribution in [0.2, 0.25) is 0 Å². The van der Waals surface area contributed by atoms with E-state index in [1.54, 1.807) is 6.08 Å². The summed E-state index contributed by atoms with van der Waals surface area (Å²) in [6.45, 7) is 4.81. The first-order chi connectivity index (χ1) is 16.8. The van der Waals surface area contributed by atoms with Gasteiger partial charge in [-0.2, -0.15) is 0 Å². The molecule has 35 heavy (non-hydrogen) atoms. The minimum atomic E-state index is -0.771. The molecule has 0 spiro atoms. The first-order valence-corrected chi connectivity index (χ1v) is 14.1. The van der Waals surface area contributed by atoms with Crippen molar-refractivity contribution >= 4 is 17.5 Å². The third kappa shape index (κ3) is 2.77. The first kappa shape index (κ1) is 22.2. The lowest BCUT2D eigenvalue weighted by Gasteiger charge is -2.58. The summed E-state index contributed by atoms with van der Waals surface area (Å²) in [6.07, 6.45) is 20.0. The number of ketones is 2. The minimum absolute atomic E-state index is 0.0148. The van der Waals surface area contributed by atoms with Crippen molar-refractivity contribution in [2.24, 2.45) is 51.8 Å². The second-order valence-corrected chi connectivity index (χ2v) is 13.4. The van der Waals surface area contributed by atoms with E-state index in [2.05, 4.69) is 26.0 Å². The zero-order valence-corrected chi connectivity index (χ0v) is 21.1. The van der Waals surface area contributed by atoms with Gasteiger partial charge in [0, 0.05) is 17.8 Å². The predicted octanol–water partition coefficient (Wildman–Crippen LogP) is 5.77. The molecule has 0 aromatic rings. The first-order valence-electron chi connectivity index (χ1n) is 14.1. The summed E-state index contributed by atoms with van der Waals surface area (Å²) in [5.74, 6) is 2.17. The van der Waals surface area contributed by atoms with E-state index in [0.29, 0.717) is 30.0 Å². The Morgan fingerprint density at radius 3 is 2.60 bits per heavy atom. The van der Waals surface area contributed by atoms with E-state index in [1.165, 1.54) is 5.57 Å². The summed E-state index contributed by atoms with van der Waals surface area (Å²) in [5, 5.41) is 0. The molecule has 8 aliphatic rings. The smallest absolute Gasteiger partial charge is 0.317 e. The quantitative estimate of drug-likeness (QED) is 0.377. The molecule has 0 heterocycles. The van der Waals surface area contributed by atoms with Gasteiger partial charge in [-0.25, -0.2) is 0 Å². The number of carbonyl (C=O) groups excluding carboxylic acids is 3. The topological polar surface area (TPSA) is 60.4 Å². The summed E-state index contributed by atoms with van der Waals surface area (Å²) in [7, 11) is 0. The van der Waals surface area contributed by atoms with E-state index in [1.807, 2.05) is 12.2 Å². The molecule has 0 radical (unpaired) electrons. The summed E-state index contributed by atoms with van der Waals surface area (Å²) in [6, 6.07) is 0. The van der Waals surface area contributed by atoms with Crippen LogP contribution in [0.4, 0.5) is 0 Å². The average molecular weight is 475 g/mol. The average Bonchev–Trinajstić information content (AvgIpc) is 3.40. The number of esters is 1. The highest BCUT2D eigenvalue weighted by Gasteiger charge is 2.64. The van der Waals surface area contributed by atoms with Crippen molar-refractivity contribution in [2.75, 3.05) is 0 Å². The third-order valence-corrected chi connectivity index (χ3v) is 12.3. The van der Waals surface area contributed by atoms with Crippen LogP contribution in [0.25, 0.3) is 0 Å². The maximum atomic E-state index is 14.0. The number of hydrogen-bond acceptors (Lipinski definition) is 4. The number of rotatable bonds is 2. The number of ether oxygens (including phenoxy) is 1. The lowest BCUT2D eigenvalue weighted by molar-refractivity contribution is -0.178. The molecule has 8 rings (SSSR count). The van der Waals surface area contributed by atoms with Gasteiger partial charge in [-0.05, 0) is 105 Å².